The van der Waals surface area contributed by atoms with Crippen molar-refractivity contribution in [3.8, 4) is 0 Å². The Morgan fingerprint density at radius 2 is 2.45 bits per heavy atom. The fourth-order valence-corrected chi connectivity index (χ4v) is 2.70. The van der Waals surface area contributed by atoms with Crippen LogP contribution in [-0.2, 0) is 4.79 Å². The van der Waals surface area contributed by atoms with Gasteiger partial charge in [0.1, 0.15) is 11.9 Å². The van der Waals surface area contributed by atoms with Gasteiger partial charge in [0.2, 0.25) is 5.91 Å². The highest BCUT2D eigenvalue weighted by atomic mass is 19.1. The summed E-state index contributed by atoms with van der Waals surface area (Å²) in [5, 5.41) is 5.94. The predicted molar refractivity (Wildman–Crippen MR) is 74.7 cm³/mol. The number of hydrogen-bond donors (Lipinski definition) is 2. The third-order valence-corrected chi connectivity index (χ3v) is 3.71. The first-order valence-corrected chi connectivity index (χ1v) is 6.96. The Morgan fingerprint density at radius 3 is 3.05 bits per heavy atom. The Bertz CT molecular complexity index is 451. The Kier molecular flexibility index (Phi) is 5.03. The predicted octanol–water partition coefficient (Wildman–Crippen LogP) is 0.692. The van der Waals surface area contributed by atoms with Crippen molar-refractivity contribution in [2.45, 2.75) is 25.4 Å². The van der Waals surface area contributed by atoms with Crippen molar-refractivity contribution in [1.82, 2.24) is 20.5 Å². The Labute approximate surface area is 118 Å². The molecule has 0 spiro atoms. The van der Waals surface area contributed by atoms with Gasteiger partial charge in [-0.1, -0.05) is 6.92 Å². The van der Waals surface area contributed by atoms with Crippen LogP contribution in [0.3, 0.4) is 0 Å². The highest BCUT2D eigenvalue weighted by molar-refractivity contribution is 5.81. The fraction of sp³-hybridized carbons (Fsp3) is 0.571. The van der Waals surface area contributed by atoms with Crippen LogP contribution in [0, 0.1) is 5.82 Å². The SMILES string of the molecule is CCC(c1ccc(F)cn1)N1CCNCC1C(=O)NC. The highest BCUT2D eigenvalue weighted by Crippen LogP contribution is 2.25. The van der Waals surface area contributed by atoms with Crippen LogP contribution in [0.25, 0.3) is 0 Å². The van der Waals surface area contributed by atoms with Gasteiger partial charge in [-0.05, 0) is 18.6 Å². The van der Waals surface area contributed by atoms with Crippen LogP contribution in [0.15, 0.2) is 18.3 Å². The second-order valence-corrected chi connectivity index (χ2v) is 4.90. The number of aromatic nitrogens is 1. The van der Waals surface area contributed by atoms with E-state index in [0.29, 0.717) is 6.54 Å². The van der Waals surface area contributed by atoms with Crippen LogP contribution in [-0.4, -0.2) is 48.5 Å². The van der Waals surface area contributed by atoms with Crippen LogP contribution >= 0.6 is 0 Å². The molecule has 5 nitrogen and oxygen atoms in total. The number of pyridine rings is 1. The third-order valence-electron chi connectivity index (χ3n) is 3.71. The maximum absolute atomic E-state index is 13.0. The maximum atomic E-state index is 13.0. The van der Waals surface area contributed by atoms with E-state index in [2.05, 4.69) is 27.4 Å². The number of halogens is 1. The molecule has 2 heterocycles. The van der Waals surface area contributed by atoms with Gasteiger partial charge in [0.15, 0.2) is 0 Å². The van der Waals surface area contributed by atoms with E-state index in [4.69, 9.17) is 0 Å². The molecule has 20 heavy (non-hydrogen) atoms. The van der Waals surface area contributed by atoms with E-state index in [1.165, 1.54) is 12.3 Å². The summed E-state index contributed by atoms with van der Waals surface area (Å²) in [4.78, 5) is 18.3. The molecule has 1 amide bonds. The van der Waals surface area contributed by atoms with E-state index in [0.717, 1.165) is 25.2 Å². The molecule has 2 atom stereocenters. The Morgan fingerprint density at radius 1 is 1.65 bits per heavy atom. The lowest BCUT2D eigenvalue weighted by Crippen LogP contribution is -2.58. The lowest BCUT2D eigenvalue weighted by Gasteiger charge is -2.39. The van der Waals surface area contributed by atoms with Crippen LogP contribution < -0.4 is 10.6 Å². The number of nitrogens with one attached hydrogen (secondary N) is 2. The van der Waals surface area contributed by atoms with Crippen molar-refractivity contribution in [3.63, 3.8) is 0 Å². The molecule has 1 aromatic rings. The van der Waals surface area contributed by atoms with Gasteiger partial charge < -0.3 is 10.6 Å². The molecule has 110 valence electrons. The van der Waals surface area contributed by atoms with Crippen LogP contribution in [0.4, 0.5) is 4.39 Å². The number of carbonyl (C=O) groups is 1. The van der Waals surface area contributed by atoms with Gasteiger partial charge in [-0.2, -0.15) is 0 Å². The Hall–Kier alpha value is -1.53. The molecule has 1 fully saturated rings. The number of carbonyl (C=O) groups excluding carboxylic acids is 1. The summed E-state index contributed by atoms with van der Waals surface area (Å²) in [6.45, 7) is 4.29. The van der Waals surface area contributed by atoms with Crippen molar-refractivity contribution in [1.29, 1.82) is 0 Å². The van der Waals surface area contributed by atoms with Gasteiger partial charge in [0, 0.05) is 26.7 Å². The van der Waals surface area contributed by atoms with Crippen molar-refractivity contribution >= 4 is 5.91 Å². The standard InChI is InChI=1S/C14H21FN4O/c1-3-12(11-5-4-10(15)8-18-11)19-7-6-17-9-13(19)14(20)16-2/h4-5,8,12-13,17H,3,6-7,9H2,1-2H3,(H,16,20). The van der Waals surface area contributed by atoms with E-state index in [1.54, 1.807) is 13.1 Å². The first kappa shape index (κ1) is 14.9. The second-order valence-electron chi connectivity index (χ2n) is 4.90. The summed E-state index contributed by atoms with van der Waals surface area (Å²) in [5.41, 5.74) is 0.810. The minimum absolute atomic E-state index is 0.00207. The van der Waals surface area contributed by atoms with E-state index in [9.17, 15) is 9.18 Å². The molecule has 0 radical (unpaired) electrons. The van der Waals surface area contributed by atoms with Gasteiger partial charge in [0.05, 0.1) is 17.9 Å². The molecule has 0 saturated carbocycles. The molecule has 2 rings (SSSR count). The first-order valence-electron chi connectivity index (χ1n) is 6.96. The summed E-state index contributed by atoms with van der Waals surface area (Å²) < 4.78 is 13.0. The van der Waals surface area contributed by atoms with E-state index >= 15 is 0 Å². The summed E-state index contributed by atoms with van der Waals surface area (Å²) >= 11 is 0. The molecule has 1 aliphatic rings. The molecule has 1 aliphatic heterocycles. The van der Waals surface area contributed by atoms with E-state index in [1.807, 2.05) is 0 Å². The zero-order chi connectivity index (χ0) is 14.5. The van der Waals surface area contributed by atoms with Crippen LogP contribution in [0.1, 0.15) is 25.1 Å². The van der Waals surface area contributed by atoms with Gasteiger partial charge in [-0.3, -0.25) is 14.7 Å². The minimum atomic E-state index is -0.341. The van der Waals surface area contributed by atoms with E-state index < -0.39 is 0 Å². The number of amides is 1. The molecular weight excluding hydrogens is 259 g/mol. The van der Waals surface area contributed by atoms with Crippen molar-refractivity contribution in [3.05, 3.63) is 29.8 Å². The quantitative estimate of drug-likeness (QED) is 0.852. The Balaban J connectivity index is 2.23. The monoisotopic (exact) mass is 280 g/mol. The van der Waals surface area contributed by atoms with Gasteiger partial charge in [0.25, 0.3) is 0 Å². The van der Waals surface area contributed by atoms with Crippen molar-refractivity contribution in [2.75, 3.05) is 26.7 Å². The zero-order valence-electron chi connectivity index (χ0n) is 11.9. The largest absolute Gasteiger partial charge is 0.358 e. The van der Waals surface area contributed by atoms with Crippen LogP contribution in [0.5, 0.6) is 0 Å². The summed E-state index contributed by atoms with van der Waals surface area (Å²) in [6.07, 6.45) is 2.06. The third kappa shape index (κ3) is 3.13. The average Bonchev–Trinajstić information content (AvgIpc) is 2.49. The van der Waals surface area contributed by atoms with Gasteiger partial charge in [-0.25, -0.2) is 4.39 Å². The molecule has 0 aromatic carbocycles. The molecule has 1 saturated heterocycles. The molecular formula is C14H21FN4O. The summed E-state index contributed by atoms with van der Waals surface area (Å²) in [7, 11) is 1.65. The topological polar surface area (TPSA) is 57.3 Å². The average molecular weight is 280 g/mol. The molecule has 6 heteroatoms. The number of piperazine rings is 1. The highest BCUT2D eigenvalue weighted by Gasteiger charge is 2.33. The molecule has 0 bridgehead atoms. The molecule has 1 aromatic heterocycles. The lowest BCUT2D eigenvalue weighted by atomic mass is 10.0. The summed E-state index contributed by atoms with van der Waals surface area (Å²) in [5.74, 6) is -0.343. The van der Waals surface area contributed by atoms with E-state index in [-0.39, 0.29) is 23.8 Å². The van der Waals surface area contributed by atoms with Gasteiger partial charge in [-0.15, -0.1) is 0 Å². The maximum Gasteiger partial charge on any atom is 0.238 e. The zero-order valence-corrected chi connectivity index (χ0v) is 11.9. The first-order chi connectivity index (χ1) is 9.67. The number of hydrogen-bond acceptors (Lipinski definition) is 4. The van der Waals surface area contributed by atoms with Crippen LogP contribution in [0.2, 0.25) is 0 Å². The minimum Gasteiger partial charge on any atom is -0.358 e. The molecule has 2 N–H and O–H groups in total. The number of likely N-dealkylation sites (N-methyl/N-ethyl adjacent to an activating group) is 1. The number of rotatable bonds is 4. The normalized spacial score (nSPS) is 21.4. The lowest BCUT2D eigenvalue weighted by molar-refractivity contribution is -0.127. The fourth-order valence-electron chi connectivity index (χ4n) is 2.70. The smallest absolute Gasteiger partial charge is 0.238 e. The number of nitrogens with zero attached hydrogens (tertiary/aromatic N) is 2. The molecule has 2 unspecified atom stereocenters. The summed E-state index contributed by atoms with van der Waals surface area (Å²) in [6, 6.07) is 2.93. The second kappa shape index (κ2) is 6.76. The van der Waals surface area contributed by atoms with Crippen molar-refractivity contribution in [2.24, 2.45) is 0 Å². The van der Waals surface area contributed by atoms with Crippen molar-refractivity contribution < 1.29 is 9.18 Å². The van der Waals surface area contributed by atoms with Gasteiger partial charge >= 0.3 is 0 Å². The molecule has 0 aliphatic carbocycles.